The number of nitrogens with zero attached hydrogens (tertiary/aromatic N) is 3. The number of nitrogens with one attached hydrogen (secondary N) is 2. The minimum atomic E-state index is -1.31. The van der Waals surface area contributed by atoms with E-state index in [0.29, 0.717) is 22.2 Å². The molecule has 0 saturated carbocycles. The van der Waals surface area contributed by atoms with Gasteiger partial charge >= 0.3 is 5.97 Å². The summed E-state index contributed by atoms with van der Waals surface area (Å²) >= 11 is 7.89. The first kappa shape index (κ1) is 54.0. The molecule has 0 radical (unpaired) electrons. The van der Waals surface area contributed by atoms with E-state index in [0.717, 1.165) is 53.9 Å². The lowest BCUT2D eigenvalue weighted by Crippen LogP contribution is -2.71. The Hall–Kier alpha value is -7.96. The molecule has 16 heteroatoms. The van der Waals surface area contributed by atoms with Crippen molar-refractivity contribution in [1.29, 1.82) is 0 Å². The third-order valence-corrected chi connectivity index (χ3v) is 17.9. The summed E-state index contributed by atoms with van der Waals surface area (Å²) < 4.78 is 17.7. The lowest BCUT2D eigenvalue weighted by Gasteiger charge is -2.49. The van der Waals surface area contributed by atoms with E-state index in [2.05, 4.69) is 26.7 Å². The van der Waals surface area contributed by atoms with E-state index in [4.69, 9.17) is 29.0 Å². The number of benzene rings is 7. The normalized spacial score (nSPS) is 15.4. The Morgan fingerprint density at radius 1 is 0.675 bits per heavy atom. The number of thiazole rings is 1. The quantitative estimate of drug-likeness (QED) is 0.0249. The summed E-state index contributed by atoms with van der Waals surface area (Å²) in [5, 5.41) is 6.46. The third-order valence-electron chi connectivity index (χ3n) is 14.0. The second-order valence-electron chi connectivity index (χ2n) is 18.7. The molecule has 0 bridgehead atoms. The molecule has 80 heavy (non-hydrogen) atoms. The number of esters is 1. The van der Waals surface area contributed by atoms with Crippen molar-refractivity contribution in [2.75, 3.05) is 25.5 Å². The number of aliphatic imine (C=N–C) groups is 1. The van der Waals surface area contributed by atoms with Gasteiger partial charge < -0.3 is 19.5 Å². The molecule has 0 unspecified atom stereocenters. The fourth-order valence-electron chi connectivity index (χ4n) is 10.2. The first-order valence-corrected chi connectivity index (χ1v) is 29.2. The molecule has 0 aliphatic carbocycles. The lowest BCUT2D eigenvalue weighted by atomic mass is 9.77. The topological polar surface area (TPSA) is 141 Å². The van der Waals surface area contributed by atoms with Crippen LogP contribution in [0.25, 0.3) is 5.57 Å². The largest absolute Gasteiger partial charge is 0.497 e. The van der Waals surface area contributed by atoms with E-state index in [-0.39, 0.29) is 30.3 Å². The number of hydrogen-bond donors (Lipinski definition) is 2. The highest BCUT2D eigenvalue weighted by Gasteiger charge is 2.55. The number of β-lactam (4-membered cyclic amide) rings is 1. The maximum Gasteiger partial charge on any atom is 0.355 e. The summed E-state index contributed by atoms with van der Waals surface area (Å²) in [5.74, 6) is -0.838. The first-order valence-electron chi connectivity index (χ1n) is 25.6. The molecular formula is C64H52BrN5O7S3. The van der Waals surface area contributed by atoms with E-state index < -0.39 is 40.3 Å². The Balaban J connectivity index is 0.994. The monoisotopic (exact) mass is 1180 g/mol. The van der Waals surface area contributed by atoms with Gasteiger partial charge in [0.1, 0.15) is 40.7 Å². The smallest absolute Gasteiger partial charge is 0.355 e. The van der Waals surface area contributed by atoms with Crippen molar-refractivity contribution in [2.24, 2.45) is 4.99 Å². The highest BCUT2D eigenvalue weighted by atomic mass is 79.9. The zero-order valence-electron chi connectivity index (χ0n) is 43.4. The Morgan fingerprint density at radius 3 is 1.69 bits per heavy atom. The first-order chi connectivity index (χ1) is 39.2. The average Bonchev–Trinajstić information content (AvgIpc) is 3.82. The number of carbonyl (C=O) groups excluding carboxylic acids is 3. The van der Waals surface area contributed by atoms with Gasteiger partial charge in [0.05, 0.1) is 13.7 Å². The molecule has 1 fully saturated rings. The van der Waals surface area contributed by atoms with Crippen LogP contribution in [0.1, 0.15) is 55.1 Å². The molecule has 0 spiro atoms. The number of aromatic nitrogens is 1. The minimum absolute atomic E-state index is 0.0415. The average molecular weight is 1180 g/mol. The molecule has 400 valence electrons. The summed E-state index contributed by atoms with van der Waals surface area (Å²) in [6.07, 6.45) is 0. The Morgan fingerprint density at radius 2 is 1.19 bits per heavy atom. The molecule has 1 saturated heterocycles. The summed E-state index contributed by atoms with van der Waals surface area (Å²) in [6, 6.07) is 65.5. The van der Waals surface area contributed by atoms with Crippen LogP contribution in [0.4, 0.5) is 5.13 Å². The van der Waals surface area contributed by atoms with Crippen LogP contribution < -0.4 is 15.5 Å². The Kier molecular flexibility index (Phi) is 16.3. The number of carbonyl (C=O) groups is 3. The van der Waals surface area contributed by atoms with Gasteiger partial charge in [0.25, 0.3) is 11.8 Å². The van der Waals surface area contributed by atoms with Gasteiger partial charge in [-0.25, -0.2) is 15.3 Å². The summed E-state index contributed by atoms with van der Waals surface area (Å²) in [4.78, 5) is 65.3. The minimum Gasteiger partial charge on any atom is -0.497 e. The predicted octanol–water partition coefficient (Wildman–Crippen LogP) is 12.8. The van der Waals surface area contributed by atoms with Crippen LogP contribution in [0.3, 0.4) is 0 Å². The van der Waals surface area contributed by atoms with Gasteiger partial charge in [-0.05, 0) is 67.0 Å². The van der Waals surface area contributed by atoms with Crippen LogP contribution in [0, 0.1) is 0 Å². The number of fused-ring (bicyclic) bond motifs is 1. The van der Waals surface area contributed by atoms with Crippen LogP contribution >= 0.6 is 50.4 Å². The molecule has 4 heterocycles. The van der Waals surface area contributed by atoms with Gasteiger partial charge in [0.2, 0.25) is 5.13 Å². The van der Waals surface area contributed by atoms with Gasteiger partial charge in [-0.2, -0.15) is 0 Å². The van der Waals surface area contributed by atoms with Gasteiger partial charge in [0, 0.05) is 44.1 Å². The molecule has 2 aliphatic rings. The molecular weight excluding hydrogens is 1130 g/mol. The maximum absolute atomic E-state index is 15.7. The number of thioether (sulfide) groups is 1. The van der Waals surface area contributed by atoms with Crippen molar-refractivity contribution in [3.63, 3.8) is 0 Å². The van der Waals surface area contributed by atoms with E-state index in [1.165, 1.54) is 39.3 Å². The van der Waals surface area contributed by atoms with Crippen molar-refractivity contribution in [1.82, 2.24) is 15.2 Å². The number of hydrogen-bond acceptors (Lipinski definition) is 13. The van der Waals surface area contributed by atoms with Crippen LogP contribution in [0.15, 0.2) is 232 Å². The number of amides is 2. The fourth-order valence-corrected chi connectivity index (χ4v) is 14.0. The SMILES string of the molecule is COCc1scc(Br)c1C1=C(C(=O)OCc2ccc(OC)cc2)N2C(=O)[C@@H](NC(=O)C(=NC(c3ccccc3)(c3ccccc3)c3ccccc3)c3csc(NOC(c4ccccc4)(c4ccccc4)c4ccccc4)n3)[C@H]2SC1. The van der Waals surface area contributed by atoms with E-state index >= 15 is 4.79 Å². The molecule has 2 aliphatic heterocycles. The summed E-state index contributed by atoms with van der Waals surface area (Å²) in [7, 11) is 3.19. The molecule has 7 aromatic carbocycles. The molecule has 11 rings (SSSR count). The van der Waals surface area contributed by atoms with Crippen molar-refractivity contribution < 1.29 is 33.4 Å². The molecule has 2 aromatic heterocycles. The second-order valence-corrected chi connectivity index (χ2v) is 22.5. The van der Waals surface area contributed by atoms with E-state index in [1.807, 2.05) is 200 Å². The van der Waals surface area contributed by atoms with Gasteiger partial charge in [-0.1, -0.05) is 194 Å². The maximum atomic E-state index is 15.7. The highest BCUT2D eigenvalue weighted by Crippen LogP contribution is 2.48. The zero-order valence-corrected chi connectivity index (χ0v) is 47.4. The van der Waals surface area contributed by atoms with E-state index in [1.54, 1.807) is 31.7 Å². The fraction of sp³-hybridized carbons (Fsp3) is 0.141. The molecule has 2 N–H and O–H groups in total. The standard InChI is InChI=1S/C64H52BrN5O7S3/c1-74-38-53-54(51(65)40-78-53)50-39-79-60-56(59(72)70(60)57(50)61(73)76-37-42-33-35-49(75-2)36-34-42)67-58(71)55(68-63(43-21-9-3-10-22-43,44-23-11-4-12-24-44)45-25-13-5-14-26-45)52-41-80-62(66-52)69-77-64(46-27-15-6-16-28-46,47-29-17-7-18-30-47)48-31-19-8-20-32-48/h3-36,40-41,56,60H,37-39H2,1-2H3,(H,66,69)(H,67,71)/t56-,60-/m1/s1. The van der Waals surface area contributed by atoms with Gasteiger partial charge in [-0.3, -0.25) is 24.3 Å². The summed E-state index contributed by atoms with van der Waals surface area (Å²) in [5.41, 5.74) is 8.14. The highest BCUT2D eigenvalue weighted by molar-refractivity contribution is 9.10. The van der Waals surface area contributed by atoms with Crippen LogP contribution in [-0.4, -0.2) is 64.8 Å². The molecule has 12 nitrogen and oxygen atoms in total. The Bertz CT molecular complexity index is 3490. The predicted molar refractivity (Wildman–Crippen MR) is 319 cm³/mol. The van der Waals surface area contributed by atoms with Crippen molar-refractivity contribution >= 4 is 84.6 Å². The number of thiophene rings is 1. The zero-order chi connectivity index (χ0) is 55.1. The number of ether oxygens (including phenoxy) is 3. The summed E-state index contributed by atoms with van der Waals surface area (Å²) in [6.45, 7) is 0.235. The molecule has 9 aromatic rings. The van der Waals surface area contributed by atoms with Gasteiger partial charge in [-0.15, -0.1) is 34.4 Å². The van der Waals surface area contributed by atoms with Crippen molar-refractivity contribution in [3.05, 3.63) is 282 Å². The van der Waals surface area contributed by atoms with Gasteiger partial charge in [0.15, 0.2) is 11.3 Å². The van der Waals surface area contributed by atoms with Crippen LogP contribution in [0.5, 0.6) is 5.75 Å². The third kappa shape index (κ3) is 10.5. The van der Waals surface area contributed by atoms with Crippen LogP contribution in [-0.2, 0) is 53.0 Å². The number of halogens is 1. The van der Waals surface area contributed by atoms with Crippen LogP contribution in [0.2, 0.25) is 0 Å². The number of methoxy groups -OCH3 is 2. The Labute approximate surface area is 484 Å². The van der Waals surface area contributed by atoms with Crippen molar-refractivity contribution in [3.8, 4) is 5.75 Å². The number of anilines is 1. The van der Waals surface area contributed by atoms with E-state index in [9.17, 15) is 9.59 Å². The van der Waals surface area contributed by atoms with Crippen molar-refractivity contribution in [2.45, 2.75) is 35.8 Å². The second kappa shape index (κ2) is 24.2. The molecule has 2 atom stereocenters. The molecule has 2 amide bonds. The lowest BCUT2D eigenvalue weighted by molar-refractivity contribution is -0.152. The number of rotatable bonds is 20.